The van der Waals surface area contributed by atoms with E-state index in [-0.39, 0.29) is 31.1 Å². The molecule has 0 aliphatic carbocycles. The minimum absolute atomic E-state index is 0.0641. The summed E-state index contributed by atoms with van der Waals surface area (Å²) in [4.78, 5) is 37.9. The molecule has 0 saturated heterocycles. The van der Waals surface area contributed by atoms with Crippen LogP contribution in [0.3, 0.4) is 0 Å². The van der Waals surface area contributed by atoms with Crippen LogP contribution in [0.4, 0.5) is 0 Å². The maximum Gasteiger partial charge on any atom is 0.306 e. The second kappa shape index (κ2) is 46.9. The zero-order valence-electron chi connectivity index (χ0n) is 41.1. The zero-order valence-corrected chi connectivity index (χ0v) is 41.1. The Morgan fingerprint density at radius 1 is 0.317 bits per heavy atom. The van der Waals surface area contributed by atoms with Gasteiger partial charge >= 0.3 is 17.9 Å². The Balaban J connectivity index is 4.25. The third kappa shape index (κ3) is 47.5. The first-order chi connectivity index (χ1) is 29.2. The van der Waals surface area contributed by atoms with Gasteiger partial charge in [0.05, 0.1) is 0 Å². The van der Waals surface area contributed by atoms with E-state index in [4.69, 9.17) is 14.2 Å². The lowest BCUT2D eigenvalue weighted by Crippen LogP contribution is -2.30. The van der Waals surface area contributed by atoms with E-state index in [9.17, 15) is 14.4 Å². The van der Waals surface area contributed by atoms with Crippen molar-refractivity contribution in [3.8, 4) is 0 Å². The number of rotatable bonds is 48. The van der Waals surface area contributed by atoms with Gasteiger partial charge < -0.3 is 14.2 Å². The largest absolute Gasteiger partial charge is 0.462 e. The third-order valence-electron chi connectivity index (χ3n) is 12.2. The van der Waals surface area contributed by atoms with E-state index in [1.807, 2.05) is 0 Å². The number of hydrogen-bond donors (Lipinski definition) is 0. The van der Waals surface area contributed by atoms with Gasteiger partial charge in [-0.25, -0.2) is 0 Å². The first-order valence-electron chi connectivity index (χ1n) is 26.7. The molecule has 60 heavy (non-hydrogen) atoms. The fourth-order valence-electron chi connectivity index (χ4n) is 8.17. The normalized spacial score (nSPS) is 12.1. The monoisotopic (exact) mass is 849 g/mol. The van der Waals surface area contributed by atoms with Crippen LogP contribution in [-0.4, -0.2) is 37.2 Å². The molecule has 0 N–H and O–H groups in total. The van der Waals surface area contributed by atoms with Crippen LogP contribution < -0.4 is 0 Å². The molecule has 0 rings (SSSR count). The number of esters is 3. The third-order valence-corrected chi connectivity index (χ3v) is 12.2. The quantitative estimate of drug-likeness (QED) is 0.0345. The van der Waals surface area contributed by atoms with Gasteiger partial charge in [-0.15, -0.1) is 0 Å². The van der Waals surface area contributed by atoms with Crippen LogP contribution >= 0.6 is 0 Å². The molecule has 6 nitrogen and oxygen atoms in total. The highest BCUT2D eigenvalue weighted by Gasteiger charge is 2.19. The average molecular weight is 849 g/mol. The van der Waals surface area contributed by atoms with Gasteiger partial charge in [-0.3, -0.25) is 14.4 Å². The smallest absolute Gasteiger partial charge is 0.306 e. The summed E-state index contributed by atoms with van der Waals surface area (Å²) in [7, 11) is 0. The van der Waals surface area contributed by atoms with Crippen molar-refractivity contribution in [2.75, 3.05) is 13.2 Å². The predicted molar refractivity (Wildman–Crippen MR) is 256 cm³/mol. The standard InChI is InChI=1S/C54H104O6/c1-6-7-8-9-10-11-12-13-14-15-18-21-24-29-34-39-44-52(55)58-47-51(60-54(57)46-41-36-31-26-28-33-38-43-50(4)5)48-59-53(56)45-40-35-30-25-22-19-16-17-20-23-27-32-37-42-49(2)3/h49-51H,6-48H2,1-5H3/t51-/m1/s1. The number of carbonyl (C=O) groups is 3. The fourth-order valence-corrected chi connectivity index (χ4v) is 8.17. The van der Waals surface area contributed by atoms with Crippen molar-refractivity contribution in [3.63, 3.8) is 0 Å². The van der Waals surface area contributed by atoms with E-state index in [1.165, 1.54) is 186 Å². The molecule has 0 radical (unpaired) electrons. The van der Waals surface area contributed by atoms with Crippen LogP contribution in [0.2, 0.25) is 0 Å². The molecule has 0 fully saturated rings. The van der Waals surface area contributed by atoms with Gasteiger partial charge in [-0.1, -0.05) is 259 Å². The summed E-state index contributed by atoms with van der Waals surface area (Å²) >= 11 is 0. The minimum Gasteiger partial charge on any atom is -0.462 e. The number of ether oxygens (including phenoxy) is 3. The molecule has 1 atom stereocenters. The van der Waals surface area contributed by atoms with E-state index in [1.54, 1.807) is 0 Å². The molecule has 0 amide bonds. The molecular weight excluding hydrogens is 745 g/mol. The molecular formula is C54H104O6. The summed E-state index contributed by atoms with van der Waals surface area (Å²) in [6.45, 7) is 11.3. The average Bonchev–Trinajstić information content (AvgIpc) is 3.22. The van der Waals surface area contributed by atoms with E-state index in [2.05, 4.69) is 34.6 Å². The lowest BCUT2D eigenvalue weighted by Gasteiger charge is -2.18. The highest BCUT2D eigenvalue weighted by Crippen LogP contribution is 2.17. The van der Waals surface area contributed by atoms with Gasteiger partial charge in [0.1, 0.15) is 13.2 Å². The Labute approximate surface area is 374 Å². The summed E-state index contributed by atoms with van der Waals surface area (Å²) in [6.07, 6.45) is 48.1. The maximum atomic E-state index is 12.8. The molecule has 6 heteroatoms. The van der Waals surface area contributed by atoms with Crippen LogP contribution in [-0.2, 0) is 28.6 Å². The molecule has 0 aromatic heterocycles. The van der Waals surface area contributed by atoms with Gasteiger partial charge in [-0.05, 0) is 31.1 Å². The van der Waals surface area contributed by atoms with Crippen molar-refractivity contribution in [1.82, 2.24) is 0 Å². The second-order valence-corrected chi connectivity index (χ2v) is 19.5. The molecule has 0 saturated carbocycles. The molecule has 0 unspecified atom stereocenters. The summed E-state index contributed by atoms with van der Waals surface area (Å²) in [5.41, 5.74) is 0. The van der Waals surface area contributed by atoms with Gasteiger partial charge in [0.25, 0.3) is 0 Å². The van der Waals surface area contributed by atoms with Crippen molar-refractivity contribution in [2.45, 2.75) is 304 Å². The molecule has 0 aromatic carbocycles. The summed E-state index contributed by atoms with van der Waals surface area (Å²) in [5.74, 6) is 0.769. The summed E-state index contributed by atoms with van der Waals surface area (Å²) < 4.78 is 16.8. The van der Waals surface area contributed by atoms with Crippen LogP contribution in [0, 0.1) is 11.8 Å². The summed E-state index contributed by atoms with van der Waals surface area (Å²) in [5, 5.41) is 0. The highest BCUT2D eigenvalue weighted by molar-refractivity contribution is 5.71. The molecule has 0 aromatic rings. The van der Waals surface area contributed by atoms with E-state index in [0.29, 0.717) is 19.3 Å². The van der Waals surface area contributed by atoms with Crippen LogP contribution in [0.15, 0.2) is 0 Å². The SMILES string of the molecule is CCCCCCCCCCCCCCCCCCC(=O)OC[C@H](COC(=O)CCCCCCCCCCCCCCCC(C)C)OC(=O)CCCCCCCCCC(C)C. The zero-order chi connectivity index (χ0) is 44.0. The topological polar surface area (TPSA) is 78.9 Å². The van der Waals surface area contributed by atoms with Crippen molar-refractivity contribution >= 4 is 17.9 Å². The van der Waals surface area contributed by atoms with Crippen LogP contribution in [0.5, 0.6) is 0 Å². The van der Waals surface area contributed by atoms with Crippen molar-refractivity contribution in [3.05, 3.63) is 0 Å². The predicted octanol–water partition coefficient (Wildman–Crippen LogP) is 17.3. The molecule has 0 bridgehead atoms. The van der Waals surface area contributed by atoms with Crippen molar-refractivity contribution in [2.24, 2.45) is 11.8 Å². The fraction of sp³-hybridized carbons (Fsp3) is 0.944. The maximum absolute atomic E-state index is 12.8. The summed E-state index contributed by atoms with van der Waals surface area (Å²) in [6, 6.07) is 0. The Morgan fingerprint density at radius 2 is 0.550 bits per heavy atom. The number of unbranched alkanes of at least 4 members (excludes halogenated alkanes) is 33. The van der Waals surface area contributed by atoms with E-state index < -0.39 is 6.10 Å². The lowest BCUT2D eigenvalue weighted by molar-refractivity contribution is -0.167. The first-order valence-corrected chi connectivity index (χ1v) is 26.7. The van der Waals surface area contributed by atoms with Crippen LogP contribution in [0.1, 0.15) is 298 Å². The van der Waals surface area contributed by atoms with Crippen LogP contribution in [0.25, 0.3) is 0 Å². The molecule has 0 heterocycles. The first kappa shape index (κ1) is 58.4. The lowest BCUT2D eigenvalue weighted by atomic mass is 10.0. The van der Waals surface area contributed by atoms with Gasteiger partial charge in [-0.2, -0.15) is 0 Å². The van der Waals surface area contributed by atoms with Gasteiger partial charge in [0.15, 0.2) is 6.10 Å². The molecule has 356 valence electrons. The molecule has 0 aliphatic rings. The second-order valence-electron chi connectivity index (χ2n) is 19.5. The number of hydrogen-bond acceptors (Lipinski definition) is 6. The van der Waals surface area contributed by atoms with Crippen molar-refractivity contribution in [1.29, 1.82) is 0 Å². The minimum atomic E-state index is -0.762. The van der Waals surface area contributed by atoms with Gasteiger partial charge in [0.2, 0.25) is 0 Å². The van der Waals surface area contributed by atoms with Gasteiger partial charge in [0, 0.05) is 19.3 Å². The van der Waals surface area contributed by atoms with E-state index >= 15 is 0 Å². The van der Waals surface area contributed by atoms with Crippen molar-refractivity contribution < 1.29 is 28.6 Å². The molecule has 0 aliphatic heterocycles. The Hall–Kier alpha value is -1.59. The van der Waals surface area contributed by atoms with E-state index in [0.717, 1.165) is 69.6 Å². The Morgan fingerprint density at radius 3 is 0.817 bits per heavy atom. The molecule has 0 spiro atoms. The Kier molecular flexibility index (Phi) is 45.7. The highest BCUT2D eigenvalue weighted by atomic mass is 16.6. The number of carbonyl (C=O) groups excluding carboxylic acids is 3. The Bertz CT molecular complexity index is 916.